The van der Waals surface area contributed by atoms with Gasteiger partial charge in [-0.05, 0) is 37.3 Å². The smallest absolute Gasteiger partial charge is 0.222 e. The first-order valence-electron chi connectivity index (χ1n) is 4.81. The quantitative estimate of drug-likeness (QED) is 0.914. The normalized spacial score (nSPS) is 10.1. The van der Waals surface area contributed by atoms with Gasteiger partial charge in [0.05, 0.1) is 11.9 Å². The highest BCUT2D eigenvalue weighted by molar-refractivity contribution is 9.10. The first-order valence-corrected chi connectivity index (χ1v) is 5.60. The van der Waals surface area contributed by atoms with Crippen molar-refractivity contribution in [1.29, 1.82) is 0 Å². The van der Waals surface area contributed by atoms with Crippen LogP contribution in [-0.4, -0.2) is 4.98 Å². The minimum Gasteiger partial charge on any atom is -0.439 e. The lowest BCUT2D eigenvalue weighted by Crippen LogP contribution is -1.93. The predicted octanol–water partition coefficient (Wildman–Crippen LogP) is 3.53. The number of anilines is 1. The van der Waals surface area contributed by atoms with Gasteiger partial charge in [0.15, 0.2) is 0 Å². The van der Waals surface area contributed by atoms with E-state index in [4.69, 9.17) is 10.5 Å². The van der Waals surface area contributed by atoms with E-state index >= 15 is 0 Å². The van der Waals surface area contributed by atoms with Crippen molar-refractivity contribution < 1.29 is 4.74 Å². The highest BCUT2D eigenvalue weighted by Gasteiger charge is 2.03. The number of halogens is 1. The molecule has 4 heteroatoms. The molecule has 2 aromatic rings. The van der Waals surface area contributed by atoms with Crippen molar-refractivity contribution in [3.05, 3.63) is 46.6 Å². The van der Waals surface area contributed by atoms with E-state index in [2.05, 4.69) is 20.9 Å². The van der Waals surface area contributed by atoms with Crippen molar-refractivity contribution in [1.82, 2.24) is 4.98 Å². The number of nitrogen functional groups attached to an aromatic ring is 1. The highest BCUT2D eigenvalue weighted by Crippen LogP contribution is 2.24. The van der Waals surface area contributed by atoms with Crippen molar-refractivity contribution in [3.63, 3.8) is 0 Å². The van der Waals surface area contributed by atoms with E-state index in [-0.39, 0.29) is 0 Å². The third-order valence-corrected chi connectivity index (χ3v) is 2.61. The minimum atomic E-state index is 0.580. The van der Waals surface area contributed by atoms with Gasteiger partial charge < -0.3 is 10.5 Å². The number of ether oxygens (including phenoxy) is 1. The summed E-state index contributed by atoms with van der Waals surface area (Å²) in [6.07, 6.45) is 1.58. The summed E-state index contributed by atoms with van der Waals surface area (Å²) in [7, 11) is 0. The summed E-state index contributed by atoms with van der Waals surface area (Å²) in [5, 5.41) is 0. The molecule has 0 aliphatic heterocycles. The molecule has 0 spiro atoms. The first kappa shape index (κ1) is 11.0. The summed E-state index contributed by atoms with van der Waals surface area (Å²) >= 11 is 3.37. The summed E-state index contributed by atoms with van der Waals surface area (Å²) in [4.78, 5) is 4.14. The third-order valence-electron chi connectivity index (χ3n) is 2.08. The van der Waals surface area contributed by atoms with Crippen molar-refractivity contribution in [2.75, 3.05) is 5.73 Å². The van der Waals surface area contributed by atoms with E-state index in [1.165, 1.54) is 0 Å². The Kier molecular flexibility index (Phi) is 3.10. The summed E-state index contributed by atoms with van der Waals surface area (Å²) < 4.78 is 6.65. The van der Waals surface area contributed by atoms with E-state index in [1.54, 1.807) is 6.20 Å². The number of pyridine rings is 1. The van der Waals surface area contributed by atoms with Crippen molar-refractivity contribution >= 4 is 21.6 Å². The summed E-state index contributed by atoms with van der Waals surface area (Å²) in [6, 6.07) is 9.42. The zero-order chi connectivity index (χ0) is 11.5. The first-order chi connectivity index (χ1) is 7.65. The van der Waals surface area contributed by atoms with Crippen LogP contribution in [-0.2, 0) is 0 Å². The van der Waals surface area contributed by atoms with E-state index < -0.39 is 0 Å². The molecule has 0 atom stereocenters. The van der Waals surface area contributed by atoms with E-state index in [0.29, 0.717) is 11.6 Å². The van der Waals surface area contributed by atoms with Crippen LogP contribution in [0.2, 0.25) is 0 Å². The lowest BCUT2D eigenvalue weighted by molar-refractivity contribution is 0.459. The van der Waals surface area contributed by atoms with Gasteiger partial charge in [0.2, 0.25) is 5.88 Å². The molecule has 0 bridgehead atoms. The molecule has 1 aromatic heterocycles. The van der Waals surface area contributed by atoms with Crippen LogP contribution in [0, 0.1) is 6.92 Å². The number of hydrogen-bond acceptors (Lipinski definition) is 3. The van der Waals surface area contributed by atoms with Crippen molar-refractivity contribution in [2.45, 2.75) is 6.92 Å². The van der Waals surface area contributed by atoms with Crippen LogP contribution in [0.15, 0.2) is 41.0 Å². The van der Waals surface area contributed by atoms with Gasteiger partial charge in [0, 0.05) is 10.0 Å². The second-order valence-corrected chi connectivity index (χ2v) is 4.36. The van der Waals surface area contributed by atoms with Crippen LogP contribution >= 0.6 is 15.9 Å². The van der Waals surface area contributed by atoms with Gasteiger partial charge in [0.25, 0.3) is 0 Å². The Morgan fingerprint density at radius 2 is 1.94 bits per heavy atom. The average molecular weight is 279 g/mol. The summed E-state index contributed by atoms with van der Waals surface area (Å²) in [6.45, 7) is 1.91. The molecule has 0 saturated heterocycles. The van der Waals surface area contributed by atoms with Gasteiger partial charge >= 0.3 is 0 Å². The van der Waals surface area contributed by atoms with Crippen LogP contribution in [0.5, 0.6) is 11.6 Å². The topological polar surface area (TPSA) is 48.1 Å². The van der Waals surface area contributed by atoms with Crippen LogP contribution in [0.4, 0.5) is 5.69 Å². The molecule has 0 saturated carbocycles. The highest BCUT2D eigenvalue weighted by atomic mass is 79.9. The van der Waals surface area contributed by atoms with Gasteiger partial charge in [0.1, 0.15) is 5.75 Å². The molecule has 0 aliphatic rings. The Balaban J connectivity index is 2.23. The molecular weight excluding hydrogens is 268 g/mol. The fraction of sp³-hybridized carbons (Fsp3) is 0.0833. The molecule has 1 aromatic carbocycles. The van der Waals surface area contributed by atoms with E-state index in [9.17, 15) is 0 Å². The SMILES string of the molecule is Cc1cc(N)cnc1Oc1ccc(Br)cc1. The molecule has 0 aliphatic carbocycles. The van der Waals surface area contributed by atoms with Crippen LogP contribution in [0.3, 0.4) is 0 Å². The maximum absolute atomic E-state index is 5.63. The van der Waals surface area contributed by atoms with Gasteiger partial charge in [-0.1, -0.05) is 15.9 Å². The predicted molar refractivity (Wildman–Crippen MR) is 67.6 cm³/mol. The molecule has 16 heavy (non-hydrogen) atoms. The largest absolute Gasteiger partial charge is 0.439 e. The number of rotatable bonds is 2. The van der Waals surface area contributed by atoms with Crippen LogP contribution < -0.4 is 10.5 Å². The molecule has 0 radical (unpaired) electrons. The molecule has 0 fully saturated rings. The maximum atomic E-state index is 5.63. The molecule has 82 valence electrons. The molecule has 0 amide bonds. The fourth-order valence-electron chi connectivity index (χ4n) is 1.31. The third kappa shape index (κ3) is 2.52. The fourth-order valence-corrected chi connectivity index (χ4v) is 1.57. The van der Waals surface area contributed by atoms with Gasteiger partial charge in [-0.3, -0.25) is 0 Å². The number of aryl methyl sites for hydroxylation is 1. The lowest BCUT2D eigenvalue weighted by Gasteiger charge is -2.07. The van der Waals surface area contributed by atoms with Crippen molar-refractivity contribution in [2.24, 2.45) is 0 Å². The number of benzene rings is 1. The number of nitrogens with zero attached hydrogens (tertiary/aromatic N) is 1. The molecule has 2 N–H and O–H groups in total. The van der Waals surface area contributed by atoms with Gasteiger partial charge in [-0.15, -0.1) is 0 Å². The van der Waals surface area contributed by atoms with Gasteiger partial charge in [-0.2, -0.15) is 0 Å². The average Bonchev–Trinajstić information content (AvgIpc) is 2.25. The number of aromatic nitrogens is 1. The standard InChI is InChI=1S/C12H11BrN2O/c1-8-6-10(14)7-15-12(8)16-11-4-2-9(13)3-5-11/h2-7H,14H2,1H3. The van der Waals surface area contributed by atoms with Gasteiger partial charge in [-0.25, -0.2) is 4.98 Å². The zero-order valence-electron chi connectivity index (χ0n) is 8.77. The Morgan fingerprint density at radius 1 is 1.25 bits per heavy atom. The zero-order valence-corrected chi connectivity index (χ0v) is 10.4. The number of hydrogen-bond donors (Lipinski definition) is 1. The monoisotopic (exact) mass is 278 g/mol. The van der Waals surface area contributed by atoms with Crippen LogP contribution in [0.1, 0.15) is 5.56 Å². The minimum absolute atomic E-state index is 0.580. The second-order valence-electron chi connectivity index (χ2n) is 3.45. The molecule has 0 unspecified atom stereocenters. The van der Waals surface area contributed by atoms with E-state index in [0.717, 1.165) is 15.8 Å². The van der Waals surface area contributed by atoms with E-state index in [1.807, 2.05) is 37.3 Å². The molecule has 3 nitrogen and oxygen atoms in total. The Morgan fingerprint density at radius 3 is 2.56 bits per heavy atom. The second kappa shape index (κ2) is 4.53. The Hall–Kier alpha value is -1.55. The number of nitrogens with two attached hydrogens (primary N) is 1. The maximum Gasteiger partial charge on any atom is 0.222 e. The summed E-state index contributed by atoms with van der Waals surface area (Å²) in [5.74, 6) is 1.33. The Labute approximate surface area is 102 Å². The molecular formula is C12H11BrN2O. The molecule has 1 heterocycles. The lowest BCUT2D eigenvalue weighted by atomic mass is 10.3. The summed E-state index contributed by atoms with van der Waals surface area (Å²) in [5.41, 5.74) is 7.18. The Bertz CT molecular complexity index is 497. The van der Waals surface area contributed by atoms with Crippen molar-refractivity contribution in [3.8, 4) is 11.6 Å². The van der Waals surface area contributed by atoms with Crippen LogP contribution in [0.25, 0.3) is 0 Å². The molecule has 2 rings (SSSR count).